The summed E-state index contributed by atoms with van der Waals surface area (Å²) in [6, 6.07) is 13.9. The number of ether oxygens (including phenoxy) is 1. The first kappa shape index (κ1) is 16.8. The smallest absolute Gasteiger partial charge is 0.387 e. The van der Waals surface area contributed by atoms with Crippen LogP contribution in [0.25, 0.3) is 0 Å². The van der Waals surface area contributed by atoms with Gasteiger partial charge in [0.15, 0.2) is 0 Å². The van der Waals surface area contributed by atoms with Crippen molar-refractivity contribution in [3.05, 3.63) is 71.0 Å². The van der Waals surface area contributed by atoms with Gasteiger partial charge in [-0.2, -0.15) is 18.9 Å². The van der Waals surface area contributed by atoms with Crippen LogP contribution in [0.3, 0.4) is 0 Å². The Bertz CT molecular complexity index is 900. The monoisotopic (exact) mass is 376 g/mol. The van der Waals surface area contributed by atoms with Gasteiger partial charge in [0.1, 0.15) is 12.1 Å². The first-order chi connectivity index (χ1) is 12.6. The molecule has 0 spiro atoms. The largest absolute Gasteiger partial charge is 0.434 e. The number of nitrogens with zero attached hydrogens (tertiary/aromatic N) is 3. The molecule has 0 amide bonds. The normalized spacial score (nSPS) is 19.1. The number of benzene rings is 2. The highest BCUT2D eigenvalue weighted by atomic mass is 35.5. The zero-order valence-corrected chi connectivity index (χ0v) is 14.3. The molecule has 4 rings (SSSR count). The minimum atomic E-state index is -2.88. The van der Waals surface area contributed by atoms with Crippen LogP contribution < -0.4 is 10.1 Å². The fraction of sp³-hybridized carbons (Fsp3) is 0.222. The van der Waals surface area contributed by atoms with Crippen LogP contribution in [0.1, 0.15) is 29.6 Å². The summed E-state index contributed by atoms with van der Waals surface area (Å²) in [5.74, 6) is 0.732. The Labute approximate surface area is 153 Å². The number of rotatable bonds is 4. The van der Waals surface area contributed by atoms with Crippen LogP contribution in [-0.4, -0.2) is 21.4 Å². The van der Waals surface area contributed by atoms with Gasteiger partial charge < -0.3 is 10.1 Å². The summed E-state index contributed by atoms with van der Waals surface area (Å²) in [6.45, 7) is -2.88. The predicted octanol–water partition coefficient (Wildman–Crippen LogP) is 4.68. The molecule has 0 bridgehead atoms. The second-order valence-corrected chi connectivity index (χ2v) is 6.38. The van der Waals surface area contributed by atoms with E-state index in [4.69, 9.17) is 16.3 Å². The van der Waals surface area contributed by atoms with E-state index in [1.807, 2.05) is 24.3 Å². The van der Waals surface area contributed by atoms with E-state index < -0.39 is 6.61 Å². The lowest BCUT2D eigenvalue weighted by Gasteiger charge is -2.32. The van der Waals surface area contributed by atoms with Gasteiger partial charge in [-0.15, -0.1) is 0 Å². The fourth-order valence-corrected chi connectivity index (χ4v) is 3.38. The van der Waals surface area contributed by atoms with Crippen LogP contribution in [0.5, 0.6) is 5.75 Å². The second-order valence-electron chi connectivity index (χ2n) is 5.94. The lowest BCUT2D eigenvalue weighted by molar-refractivity contribution is -0.0506. The molecule has 0 radical (unpaired) electrons. The van der Waals surface area contributed by atoms with Gasteiger partial charge >= 0.3 is 6.61 Å². The van der Waals surface area contributed by atoms with Gasteiger partial charge in [-0.3, -0.25) is 0 Å². The van der Waals surface area contributed by atoms with E-state index in [1.165, 1.54) is 6.33 Å². The van der Waals surface area contributed by atoms with Crippen molar-refractivity contribution in [2.24, 2.45) is 0 Å². The molecule has 2 aromatic carbocycles. The van der Waals surface area contributed by atoms with E-state index in [-0.39, 0.29) is 17.8 Å². The number of nitrogens with one attached hydrogen (secondary N) is 1. The van der Waals surface area contributed by atoms with Gasteiger partial charge in [-0.25, -0.2) is 4.68 Å². The number of hydrogen-bond acceptors (Lipinski definition) is 4. The molecule has 0 fully saturated rings. The van der Waals surface area contributed by atoms with Crippen LogP contribution in [0, 0.1) is 0 Å². The topological polar surface area (TPSA) is 52.0 Å². The summed E-state index contributed by atoms with van der Waals surface area (Å²) in [5, 5.41) is 8.20. The Hall–Kier alpha value is -2.67. The molecule has 8 heteroatoms. The van der Waals surface area contributed by atoms with Crippen molar-refractivity contribution in [1.82, 2.24) is 14.8 Å². The second kappa shape index (κ2) is 6.92. The predicted molar refractivity (Wildman–Crippen MR) is 93.7 cm³/mol. The average Bonchev–Trinajstić information content (AvgIpc) is 3.10. The molecule has 1 aliphatic rings. The highest BCUT2D eigenvalue weighted by Crippen LogP contribution is 2.40. The Balaban J connectivity index is 1.71. The average molecular weight is 377 g/mol. The maximum absolute atomic E-state index is 12.8. The van der Waals surface area contributed by atoms with Crippen LogP contribution >= 0.6 is 11.6 Å². The number of hydrogen-bond donors (Lipinski definition) is 1. The number of para-hydroxylation sites is 1. The molecule has 1 aromatic heterocycles. The molecule has 1 aliphatic heterocycles. The molecule has 26 heavy (non-hydrogen) atoms. The third-order valence-electron chi connectivity index (χ3n) is 4.40. The summed E-state index contributed by atoms with van der Waals surface area (Å²) in [6.07, 6.45) is 2.07. The fourth-order valence-electron chi connectivity index (χ4n) is 3.26. The van der Waals surface area contributed by atoms with Gasteiger partial charge in [-0.1, -0.05) is 41.9 Å². The van der Waals surface area contributed by atoms with Crippen molar-refractivity contribution in [2.45, 2.75) is 25.1 Å². The van der Waals surface area contributed by atoms with Crippen molar-refractivity contribution in [3.8, 4) is 5.75 Å². The number of halogens is 3. The Kier molecular flexibility index (Phi) is 4.46. The first-order valence-electron chi connectivity index (χ1n) is 8.07. The van der Waals surface area contributed by atoms with Crippen molar-refractivity contribution in [3.63, 3.8) is 0 Å². The van der Waals surface area contributed by atoms with E-state index in [2.05, 4.69) is 15.4 Å². The molecule has 0 saturated carbocycles. The highest BCUT2D eigenvalue weighted by molar-refractivity contribution is 6.30. The Morgan fingerprint density at radius 3 is 2.69 bits per heavy atom. The van der Waals surface area contributed by atoms with E-state index >= 15 is 0 Å². The maximum atomic E-state index is 12.8. The quantitative estimate of drug-likeness (QED) is 0.718. The van der Waals surface area contributed by atoms with Crippen LogP contribution in [0.15, 0.2) is 54.9 Å². The summed E-state index contributed by atoms with van der Waals surface area (Å²) in [4.78, 5) is 4.24. The van der Waals surface area contributed by atoms with Gasteiger partial charge in [0, 0.05) is 10.6 Å². The molecular weight excluding hydrogens is 362 g/mol. The molecule has 1 N–H and O–H groups in total. The van der Waals surface area contributed by atoms with E-state index in [9.17, 15) is 8.78 Å². The molecule has 0 aliphatic carbocycles. The van der Waals surface area contributed by atoms with Crippen LogP contribution in [-0.2, 0) is 0 Å². The molecular formula is C18H15ClF2N4O. The van der Waals surface area contributed by atoms with Gasteiger partial charge in [0.25, 0.3) is 0 Å². The minimum absolute atomic E-state index is 0.101. The van der Waals surface area contributed by atoms with Crippen molar-refractivity contribution in [2.75, 3.05) is 5.32 Å². The van der Waals surface area contributed by atoms with Crippen LogP contribution in [0.2, 0.25) is 5.02 Å². The van der Waals surface area contributed by atoms with Gasteiger partial charge in [-0.05, 0) is 30.2 Å². The molecule has 0 unspecified atom stereocenters. The number of fused-ring (bicyclic) bond motifs is 1. The summed E-state index contributed by atoms with van der Waals surface area (Å²) >= 11 is 5.99. The SMILES string of the molecule is FC(F)Oc1ccccc1[C@@H]1C[C@H](c2ccc(Cl)cc2)n2ncnc2N1. The summed E-state index contributed by atoms with van der Waals surface area (Å²) in [7, 11) is 0. The Morgan fingerprint density at radius 2 is 1.92 bits per heavy atom. The summed E-state index contributed by atoms with van der Waals surface area (Å²) in [5.41, 5.74) is 1.67. The molecule has 134 valence electrons. The third kappa shape index (κ3) is 3.22. The molecule has 0 saturated heterocycles. The zero-order chi connectivity index (χ0) is 18.1. The number of anilines is 1. The first-order valence-corrected chi connectivity index (χ1v) is 8.45. The minimum Gasteiger partial charge on any atom is -0.434 e. The lowest BCUT2D eigenvalue weighted by Crippen LogP contribution is -2.28. The van der Waals surface area contributed by atoms with Crippen molar-refractivity contribution in [1.29, 1.82) is 0 Å². The van der Waals surface area contributed by atoms with Gasteiger partial charge in [0.2, 0.25) is 5.95 Å². The number of alkyl halides is 2. The standard InChI is InChI=1S/C18H15ClF2N4O/c19-12-7-5-11(6-8-12)15-9-14(24-18-22-10-23-25(15)18)13-3-1-2-4-16(13)26-17(20)21/h1-8,10,14-15,17H,9H2,(H,22,23,24)/t14-,15+/m0/s1. The van der Waals surface area contributed by atoms with Crippen LogP contribution in [0.4, 0.5) is 14.7 Å². The maximum Gasteiger partial charge on any atom is 0.387 e. The van der Waals surface area contributed by atoms with E-state index in [0.717, 1.165) is 5.56 Å². The molecule has 2 atom stereocenters. The van der Waals surface area contributed by atoms with Gasteiger partial charge in [0.05, 0.1) is 12.1 Å². The third-order valence-corrected chi connectivity index (χ3v) is 4.65. The van der Waals surface area contributed by atoms with Crippen molar-refractivity contribution < 1.29 is 13.5 Å². The molecule has 3 aromatic rings. The highest BCUT2D eigenvalue weighted by Gasteiger charge is 2.31. The zero-order valence-electron chi connectivity index (χ0n) is 13.5. The molecule has 2 heterocycles. The van der Waals surface area contributed by atoms with E-state index in [0.29, 0.717) is 23.0 Å². The molecule has 5 nitrogen and oxygen atoms in total. The van der Waals surface area contributed by atoms with Crippen molar-refractivity contribution >= 4 is 17.5 Å². The number of aromatic nitrogens is 3. The lowest BCUT2D eigenvalue weighted by atomic mass is 9.93. The summed E-state index contributed by atoms with van der Waals surface area (Å²) < 4.78 is 32.0. The Morgan fingerprint density at radius 1 is 1.15 bits per heavy atom. The van der Waals surface area contributed by atoms with E-state index in [1.54, 1.807) is 28.9 Å².